The predicted molar refractivity (Wildman–Crippen MR) is 242 cm³/mol. The van der Waals surface area contributed by atoms with Crippen LogP contribution in [0, 0.1) is 17.3 Å². The molecule has 5 atom stereocenters. The van der Waals surface area contributed by atoms with Gasteiger partial charge in [-0.2, -0.15) is 0 Å². The monoisotopic (exact) mass is 756 g/mol. The molecule has 10 rings (SSSR count). The van der Waals surface area contributed by atoms with Crippen LogP contribution in [-0.2, 0) is 0 Å². The summed E-state index contributed by atoms with van der Waals surface area (Å²) in [6.45, 7) is 2.49. The molecule has 0 amide bonds. The summed E-state index contributed by atoms with van der Waals surface area (Å²) in [6, 6.07) is 22.7. The Labute approximate surface area is 344 Å². The summed E-state index contributed by atoms with van der Waals surface area (Å²) in [5.74, 6) is 0.869. The van der Waals surface area contributed by atoms with Crippen molar-refractivity contribution >= 4 is 28.6 Å². The predicted octanol–water partition coefficient (Wildman–Crippen LogP) is 12.9. The van der Waals surface area contributed by atoms with Crippen molar-refractivity contribution in [3.05, 3.63) is 202 Å². The van der Waals surface area contributed by atoms with Gasteiger partial charge in [-0.3, -0.25) is 15.0 Å². The molecule has 5 unspecified atom stereocenters. The third-order valence-electron chi connectivity index (χ3n) is 13.6. The highest BCUT2D eigenvalue weighted by Crippen LogP contribution is 2.52. The fourth-order valence-electron chi connectivity index (χ4n) is 10.3. The number of aliphatic imine (C=N–C) groups is 2. The van der Waals surface area contributed by atoms with Crippen LogP contribution >= 0.6 is 0 Å². The summed E-state index contributed by atoms with van der Waals surface area (Å²) in [5, 5.41) is 0. The van der Waals surface area contributed by atoms with Crippen LogP contribution in [-0.4, -0.2) is 28.4 Å². The molecule has 0 fully saturated rings. The second kappa shape index (κ2) is 15.5. The Balaban J connectivity index is 1.09. The number of aromatic nitrogens is 1. The average Bonchev–Trinajstić information content (AvgIpc) is 3.29. The van der Waals surface area contributed by atoms with E-state index in [1.807, 2.05) is 18.5 Å². The lowest BCUT2D eigenvalue weighted by atomic mass is 9.62. The van der Waals surface area contributed by atoms with Gasteiger partial charge < -0.3 is 4.90 Å². The highest BCUT2D eigenvalue weighted by Gasteiger charge is 2.39. The van der Waals surface area contributed by atoms with E-state index in [0.717, 1.165) is 62.8 Å². The number of nitrogens with zero attached hydrogens (tertiary/aromatic N) is 4. The Kier molecular flexibility index (Phi) is 9.73. The first kappa shape index (κ1) is 36.5. The lowest BCUT2D eigenvalue weighted by Gasteiger charge is -2.42. The molecule has 0 bridgehead atoms. The van der Waals surface area contributed by atoms with Gasteiger partial charge in [0.15, 0.2) is 0 Å². The zero-order valence-corrected chi connectivity index (χ0v) is 33.8. The minimum Gasteiger partial charge on any atom is -0.349 e. The second-order valence-electron chi connectivity index (χ2n) is 17.1. The minimum atomic E-state index is -0.175. The first-order valence-electron chi connectivity index (χ1n) is 21.4. The Morgan fingerprint density at radius 2 is 1.67 bits per heavy atom. The SMILES string of the molecule is CN1C(C2=CC=C(c3ccccn3)CC2)=CC(C2C=CC(C3=NC=CCC3)=CC2)=NC1c1cc(C2=CC=CC3C=CCCC23C)cc(C2CC=Cc3ccccc32)c1. The molecule has 0 N–H and O–H groups in total. The van der Waals surface area contributed by atoms with Crippen LogP contribution in [0.25, 0.3) is 17.2 Å². The minimum absolute atomic E-state index is 0.0433. The molecule has 2 aliphatic heterocycles. The van der Waals surface area contributed by atoms with Gasteiger partial charge >= 0.3 is 0 Å². The van der Waals surface area contributed by atoms with Crippen molar-refractivity contribution in [3.8, 4) is 0 Å². The summed E-state index contributed by atoms with van der Waals surface area (Å²) in [7, 11) is 2.26. The van der Waals surface area contributed by atoms with Crippen LogP contribution in [0.15, 0.2) is 179 Å². The van der Waals surface area contributed by atoms with Gasteiger partial charge in [0.05, 0.1) is 5.69 Å². The average molecular weight is 757 g/mol. The van der Waals surface area contributed by atoms with E-state index in [2.05, 4.69) is 164 Å². The fraction of sp³-hybridized carbons (Fsp3) is 0.278. The third-order valence-corrected chi connectivity index (χ3v) is 13.6. The fourth-order valence-corrected chi connectivity index (χ4v) is 10.3. The molecule has 3 aromatic rings. The quantitative estimate of drug-likeness (QED) is 0.225. The van der Waals surface area contributed by atoms with Gasteiger partial charge in [-0.15, -0.1) is 0 Å². The van der Waals surface area contributed by atoms with Gasteiger partial charge in [-0.25, -0.2) is 0 Å². The van der Waals surface area contributed by atoms with E-state index in [1.165, 1.54) is 61.5 Å². The largest absolute Gasteiger partial charge is 0.349 e. The highest BCUT2D eigenvalue weighted by molar-refractivity contribution is 6.05. The molecule has 0 saturated carbocycles. The van der Waals surface area contributed by atoms with Crippen molar-refractivity contribution in [2.45, 2.75) is 70.4 Å². The van der Waals surface area contributed by atoms with Gasteiger partial charge in [-0.1, -0.05) is 128 Å². The highest BCUT2D eigenvalue weighted by atomic mass is 15.2. The van der Waals surface area contributed by atoms with Crippen LogP contribution in [0.4, 0.5) is 0 Å². The van der Waals surface area contributed by atoms with Crippen LogP contribution in [0.1, 0.15) is 104 Å². The summed E-state index contributed by atoms with van der Waals surface area (Å²) in [6.07, 6.45) is 44.6. The molecule has 58 heavy (non-hydrogen) atoms. The number of rotatable bonds is 7. The summed E-state index contributed by atoms with van der Waals surface area (Å²) in [4.78, 5) is 17.6. The molecule has 3 heterocycles. The Bertz CT molecular complexity index is 2510. The molecule has 4 nitrogen and oxygen atoms in total. The molecule has 2 aromatic carbocycles. The Hall–Kier alpha value is -5.87. The second-order valence-corrected chi connectivity index (χ2v) is 17.1. The number of allylic oxidation sites excluding steroid dienone is 17. The molecule has 7 aliphatic rings. The summed E-state index contributed by atoms with van der Waals surface area (Å²) in [5.41, 5.74) is 16.8. The van der Waals surface area contributed by atoms with Crippen molar-refractivity contribution < 1.29 is 0 Å². The van der Waals surface area contributed by atoms with E-state index in [-0.39, 0.29) is 23.4 Å². The van der Waals surface area contributed by atoms with Crippen molar-refractivity contribution in [3.63, 3.8) is 0 Å². The normalized spacial score (nSPS) is 27.3. The van der Waals surface area contributed by atoms with Crippen LogP contribution < -0.4 is 0 Å². The maximum Gasteiger partial charge on any atom is 0.147 e. The van der Waals surface area contributed by atoms with Gasteiger partial charge in [0.1, 0.15) is 6.17 Å². The van der Waals surface area contributed by atoms with E-state index in [9.17, 15) is 0 Å². The van der Waals surface area contributed by atoms with Gasteiger partial charge in [0, 0.05) is 59.7 Å². The van der Waals surface area contributed by atoms with Crippen LogP contribution in [0.2, 0.25) is 0 Å². The molecular weight excluding hydrogens is 705 g/mol. The van der Waals surface area contributed by atoms with Crippen LogP contribution in [0.3, 0.4) is 0 Å². The van der Waals surface area contributed by atoms with Gasteiger partial charge in [-0.05, 0) is 126 Å². The van der Waals surface area contributed by atoms with Crippen molar-refractivity contribution in [2.75, 3.05) is 7.05 Å². The lowest BCUT2D eigenvalue weighted by molar-refractivity contribution is 0.315. The lowest BCUT2D eigenvalue weighted by Crippen LogP contribution is -2.32. The molecule has 0 saturated heterocycles. The summed E-state index contributed by atoms with van der Waals surface area (Å²) < 4.78 is 0. The number of fused-ring (bicyclic) bond motifs is 2. The zero-order chi connectivity index (χ0) is 39.1. The van der Waals surface area contributed by atoms with Crippen molar-refractivity contribution in [2.24, 2.45) is 27.2 Å². The first-order chi connectivity index (χ1) is 28.5. The van der Waals surface area contributed by atoms with E-state index < -0.39 is 0 Å². The van der Waals surface area contributed by atoms with Crippen molar-refractivity contribution in [1.82, 2.24) is 9.88 Å². The molecule has 288 valence electrons. The maximum atomic E-state index is 5.75. The third kappa shape index (κ3) is 6.83. The van der Waals surface area contributed by atoms with E-state index in [4.69, 9.17) is 9.98 Å². The number of pyridine rings is 1. The zero-order valence-electron chi connectivity index (χ0n) is 33.8. The molecule has 5 aliphatic carbocycles. The van der Waals surface area contributed by atoms with E-state index in [1.54, 1.807) is 0 Å². The topological polar surface area (TPSA) is 40.9 Å². The Morgan fingerprint density at radius 3 is 2.50 bits per heavy atom. The van der Waals surface area contributed by atoms with Gasteiger partial charge in [0.25, 0.3) is 0 Å². The number of benzene rings is 2. The molecule has 0 radical (unpaired) electrons. The van der Waals surface area contributed by atoms with Crippen molar-refractivity contribution in [1.29, 1.82) is 0 Å². The van der Waals surface area contributed by atoms with E-state index in [0.29, 0.717) is 5.92 Å². The van der Waals surface area contributed by atoms with Gasteiger partial charge in [0.2, 0.25) is 0 Å². The van der Waals surface area contributed by atoms with Crippen LogP contribution in [0.5, 0.6) is 0 Å². The molecule has 4 heteroatoms. The smallest absolute Gasteiger partial charge is 0.147 e. The molecule has 0 spiro atoms. The Morgan fingerprint density at radius 1 is 0.793 bits per heavy atom. The number of likely N-dealkylation sites (N-methyl/N-ethyl adjacent to an activating group) is 1. The standard InChI is InChI=1S/C54H52N4/c1-54-30-8-5-15-45(54)16-12-19-48(54)43-33-42(47-18-11-14-37-13-3-4-17-46(37)47)34-44(35-43)53-57-51(40-24-22-38(23-25-40)49-20-6-9-31-55-49)36-52(58(53)2)41-28-26-39(27-29-41)50-21-7-10-32-56-50/h3-5,7,9-17,19,21-24,26,28,31-36,40,45,47,53H,6,8,18,20,25,27,29-30H2,1-2H3. The molecular formula is C54H52N4. The maximum absolute atomic E-state index is 5.75. The van der Waals surface area contributed by atoms with E-state index >= 15 is 0 Å². The first-order valence-corrected chi connectivity index (χ1v) is 21.4. The number of hydrogen-bond acceptors (Lipinski definition) is 4. The molecule has 1 aromatic heterocycles. The summed E-state index contributed by atoms with van der Waals surface area (Å²) >= 11 is 0. The number of hydrogen-bond donors (Lipinski definition) is 0.